The van der Waals surface area contributed by atoms with Gasteiger partial charge in [-0.2, -0.15) is 0 Å². The minimum Gasteiger partial charge on any atom is -0.481 e. The second kappa shape index (κ2) is 9.97. The first-order valence-corrected chi connectivity index (χ1v) is 11.2. The van der Waals surface area contributed by atoms with Crippen molar-refractivity contribution in [3.8, 4) is 11.1 Å². The lowest BCUT2D eigenvalue weighted by Gasteiger charge is -2.20. The molecule has 0 heterocycles. The molecule has 0 aliphatic heterocycles. The molecule has 0 saturated heterocycles. The summed E-state index contributed by atoms with van der Waals surface area (Å²) >= 11 is 0. The molecule has 0 fully saturated rings. The normalized spacial score (nSPS) is 12.9. The van der Waals surface area contributed by atoms with Crippen LogP contribution in [0.5, 0.6) is 0 Å². The van der Waals surface area contributed by atoms with E-state index in [-0.39, 0.29) is 30.3 Å². The molecule has 0 aromatic heterocycles. The maximum Gasteiger partial charge on any atom is 0.411 e. The predicted octanol–water partition coefficient (Wildman–Crippen LogP) is 4.98. The van der Waals surface area contributed by atoms with Gasteiger partial charge in [-0.05, 0) is 40.5 Å². The van der Waals surface area contributed by atoms with Crippen LogP contribution in [-0.4, -0.2) is 48.2 Å². The number of aliphatic carboxylic acids is 1. The number of carboxylic acid groups (broad SMARTS) is 1. The molecular formula is C27H25FN2O5. The molecule has 1 unspecified atom stereocenters. The summed E-state index contributed by atoms with van der Waals surface area (Å²) in [5.41, 5.74) is 4.26. The van der Waals surface area contributed by atoms with Crippen LogP contribution in [0.2, 0.25) is 0 Å². The van der Waals surface area contributed by atoms with Gasteiger partial charge in [0.1, 0.15) is 12.4 Å². The zero-order valence-corrected chi connectivity index (χ0v) is 19.3. The average Bonchev–Trinajstić information content (AvgIpc) is 3.17. The Morgan fingerprint density at radius 1 is 1.03 bits per heavy atom. The third-order valence-electron chi connectivity index (χ3n) is 6.11. The fourth-order valence-electron chi connectivity index (χ4n) is 4.29. The highest BCUT2D eigenvalue weighted by atomic mass is 19.1. The van der Waals surface area contributed by atoms with Crippen molar-refractivity contribution in [1.82, 2.24) is 4.90 Å². The van der Waals surface area contributed by atoms with Gasteiger partial charge in [0.25, 0.3) is 5.91 Å². The maximum absolute atomic E-state index is 14.6. The van der Waals surface area contributed by atoms with E-state index < -0.39 is 29.7 Å². The molecule has 0 saturated carbocycles. The number of benzene rings is 3. The van der Waals surface area contributed by atoms with Gasteiger partial charge in [-0.25, -0.2) is 9.18 Å². The van der Waals surface area contributed by atoms with Crippen molar-refractivity contribution in [1.29, 1.82) is 0 Å². The van der Waals surface area contributed by atoms with Crippen LogP contribution >= 0.6 is 0 Å². The fraction of sp³-hybridized carbons (Fsp3) is 0.222. The number of fused-ring (bicyclic) bond motifs is 3. The van der Waals surface area contributed by atoms with Crippen molar-refractivity contribution in [2.45, 2.75) is 12.8 Å². The van der Waals surface area contributed by atoms with Crippen molar-refractivity contribution >= 4 is 23.7 Å². The van der Waals surface area contributed by atoms with Crippen molar-refractivity contribution in [2.75, 3.05) is 25.5 Å². The number of anilines is 1. The summed E-state index contributed by atoms with van der Waals surface area (Å²) in [6.45, 7) is 1.55. The molecule has 3 aromatic carbocycles. The Balaban J connectivity index is 1.39. The van der Waals surface area contributed by atoms with Gasteiger partial charge in [0.05, 0.1) is 11.6 Å². The summed E-state index contributed by atoms with van der Waals surface area (Å²) in [6, 6.07) is 19.5. The number of nitrogens with one attached hydrogen (secondary N) is 1. The highest BCUT2D eigenvalue weighted by Crippen LogP contribution is 2.44. The molecule has 3 aromatic rings. The molecule has 1 atom stereocenters. The highest BCUT2D eigenvalue weighted by molar-refractivity contribution is 5.95. The molecule has 2 N–H and O–H groups in total. The van der Waals surface area contributed by atoms with E-state index in [0.717, 1.165) is 28.3 Å². The van der Waals surface area contributed by atoms with Crippen molar-refractivity contribution in [3.05, 3.63) is 89.2 Å². The average molecular weight is 477 g/mol. The minimum atomic E-state index is -1.03. The van der Waals surface area contributed by atoms with Crippen molar-refractivity contribution < 1.29 is 28.6 Å². The molecule has 4 rings (SSSR count). The molecule has 180 valence electrons. The van der Waals surface area contributed by atoms with E-state index >= 15 is 0 Å². The smallest absolute Gasteiger partial charge is 0.411 e. The number of carbonyl (C=O) groups excluding carboxylic acids is 2. The van der Waals surface area contributed by atoms with E-state index in [1.165, 1.54) is 31.0 Å². The number of carboxylic acids is 1. The van der Waals surface area contributed by atoms with Crippen LogP contribution < -0.4 is 5.32 Å². The topological polar surface area (TPSA) is 95.9 Å². The predicted molar refractivity (Wildman–Crippen MR) is 129 cm³/mol. The first kappa shape index (κ1) is 23.9. The third-order valence-corrected chi connectivity index (χ3v) is 6.11. The summed E-state index contributed by atoms with van der Waals surface area (Å²) in [5.74, 6) is -3.24. The summed E-state index contributed by atoms with van der Waals surface area (Å²) in [5, 5.41) is 11.4. The van der Waals surface area contributed by atoms with E-state index in [1.807, 2.05) is 48.5 Å². The van der Waals surface area contributed by atoms with Crippen LogP contribution in [0.4, 0.5) is 14.9 Å². The SMILES string of the molecule is CC(CN(C)C(=O)c1ccc(NC(=O)OCC2c3ccccc3-c3ccccc32)c(F)c1)C(=O)O. The van der Waals surface area contributed by atoms with Crippen molar-refractivity contribution in [3.63, 3.8) is 0 Å². The highest BCUT2D eigenvalue weighted by Gasteiger charge is 2.29. The van der Waals surface area contributed by atoms with Gasteiger partial charge in [0, 0.05) is 25.1 Å². The quantitative estimate of drug-likeness (QED) is 0.502. The summed E-state index contributed by atoms with van der Waals surface area (Å²) < 4.78 is 20.1. The Bertz CT molecular complexity index is 1250. The zero-order valence-electron chi connectivity index (χ0n) is 19.3. The number of halogens is 1. The van der Waals surface area contributed by atoms with Crippen LogP contribution in [-0.2, 0) is 9.53 Å². The van der Waals surface area contributed by atoms with Crippen LogP contribution in [0.15, 0.2) is 66.7 Å². The van der Waals surface area contributed by atoms with Gasteiger partial charge in [0.2, 0.25) is 0 Å². The Hall–Kier alpha value is -4.20. The Kier molecular flexibility index (Phi) is 6.82. The van der Waals surface area contributed by atoms with Gasteiger partial charge >= 0.3 is 12.1 Å². The Morgan fingerprint density at radius 3 is 2.20 bits per heavy atom. The molecule has 0 bridgehead atoms. The van der Waals surface area contributed by atoms with Gasteiger partial charge < -0.3 is 14.7 Å². The monoisotopic (exact) mass is 476 g/mol. The van der Waals surface area contributed by atoms with E-state index in [9.17, 15) is 18.8 Å². The summed E-state index contributed by atoms with van der Waals surface area (Å²) in [7, 11) is 1.45. The molecule has 0 radical (unpaired) electrons. The van der Waals surface area contributed by atoms with Crippen LogP contribution in [0, 0.1) is 11.7 Å². The molecule has 35 heavy (non-hydrogen) atoms. The van der Waals surface area contributed by atoms with Crippen LogP contribution in [0.25, 0.3) is 11.1 Å². The van der Waals surface area contributed by atoms with Crippen LogP contribution in [0.3, 0.4) is 0 Å². The Labute approximate surface area is 202 Å². The van der Waals surface area contributed by atoms with Gasteiger partial charge in [0.15, 0.2) is 0 Å². The first-order valence-electron chi connectivity index (χ1n) is 11.2. The number of hydrogen-bond acceptors (Lipinski definition) is 4. The molecule has 2 amide bonds. The number of rotatable bonds is 7. The second-order valence-electron chi connectivity index (χ2n) is 8.57. The molecule has 8 heteroatoms. The van der Waals surface area contributed by atoms with Gasteiger partial charge in [-0.1, -0.05) is 55.5 Å². The zero-order chi connectivity index (χ0) is 25.1. The molecule has 1 aliphatic carbocycles. The number of amides is 2. The lowest BCUT2D eigenvalue weighted by atomic mass is 9.98. The van der Waals surface area contributed by atoms with E-state index in [2.05, 4.69) is 5.32 Å². The molecule has 1 aliphatic rings. The molecular weight excluding hydrogens is 451 g/mol. The second-order valence-corrected chi connectivity index (χ2v) is 8.57. The fourth-order valence-corrected chi connectivity index (χ4v) is 4.29. The number of nitrogens with zero attached hydrogens (tertiary/aromatic N) is 1. The van der Waals surface area contributed by atoms with E-state index in [0.29, 0.717) is 0 Å². The third kappa shape index (κ3) is 5.01. The van der Waals surface area contributed by atoms with Gasteiger partial charge in [-0.3, -0.25) is 14.9 Å². The van der Waals surface area contributed by atoms with Crippen LogP contribution in [0.1, 0.15) is 34.3 Å². The maximum atomic E-state index is 14.6. The minimum absolute atomic E-state index is 0.0183. The van der Waals surface area contributed by atoms with E-state index in [4.69, 9.17) is 9.84 Å². The largest absolute Gasteiger partial charge is 0.481 e. The summed E-state index contributed by atoms with van der Waals surface area (Å²) in [6.07, 6.45) is -0.808. The molecule has 0 spiro atoms. The summed E-state index contributed by atoms with van der Waals surface area (Å²) in [4.78, 5) is 37.1. The number of hydrogen-bond donors (Lipinski definition) is 2. The van der Waals surface area contributed by atoms with E-state index in [1.54, 1.807) is 0 Å². The lowest BCUT2D eigenvalue weighted by Crippen LogP contribution is -2.33. The standard InChI is InChI=1S/C27H25FN2O5/c1-16(26(32)33)14-30(2)25(31)17-11-12-24(23(28)13-17)29-27(34)35-15-22-20-9-5-3-7-18(20)19-8-4-6-10-21(19)22/h3-13,16,22H,14-15H2,1-2H3,(H,29,34)(H,32,33). The Morgan fingerprint density at radius 2 is 1.63 bits per heavy atom. The number of ether oxygens (including phenoxy) is 1. The van der Waals surface area contributed by atoms with Crippen molar-refractivity contribution in [2.24, 2.45) is 5.92 Å². The van der Waals surface area contributed by atoms with Gasteiger partial charge in [-0.15, -0.1) is 0 Å². The first-order chi connectivity index (χ1) is 16.8. The lowest BCUT2D eigenvalue weighted by molar-refractivity contribution is -0.141. The molecule has 7 nitrogen and oxygen atoms in total. The number of carbonyl (C=O) groups is 3.